The predicted octanol–water partition coefficient (Wildman–Crippen LogP) is 3.97. The summed E-state index contributed by atoms with van der Waals surface area (Å²) in [7, 11) is 0. The van der Waals surface area contributed by atoms with Crippen molar-refractivity contribution in [3.05, 3.63) is 82.3 Å². The molecule has 2 unspecified atom stereocenters. The van der Waals surface area contributed by atoms with E-state index >= 15 is 0 Å². The second-order valence-corrected chi connectivity index (χ2v) is 10.2. The normalized spacial score (nSPS) is 20.8. The highest BCUT2D eigenvalue weighted by atomic mass is 32.1. The molecule has 2 aliphatic rings. The number of hydrogen-bond donors (Lipinski definition) is 1. The zero-order valence-electron chi connectivity index (χ0n) is 19.6. The van der Waals surface area contributed by atoms with E-state index in [9.17, 15) is 14.4 Å². The van der Waals surface area contributed by atoms with Gasteiger partial charge in [0.25, 0.3) is 5.91 Å². The highest BCUT2D eigenvalue weighted by Gasteiger charge is 2.47. The van der Waals surface area contributed by atoms with Gasteiger partial charge in [0, 0.05) is 48.5 Å². The molecule has 2 aliphatic heterocycles. The van der Waals surface area contributed by atoms with Gasteiger partial charge < -0.3 is 15.1 Å². The van der Waals surface area contributed by atoms with Gasteiger partial charge in [-0.05, 0) is 55.5 Å². The van der Waals surface area contributed by atoms with E-state index < -0.39 is 5.92 Å². The van der Waals surface area contributed by atoms with Crippen molar-refractivity contribution in [1.82, 2.24) is 15.2 Å². The lowest BCUT2D eigenvalue weighted by Gasteiger charge is -2.35. The summed E-state index contributed by atoms with van der Waals surface area (Å²) in [6.45, 7) is 3.13. The van der Waals surface area contributed by atoms with E-state index in [4.69, 9.17) is 0 Å². The minimum atomic E-state index is -0.427. The Bertz CT molecular complexity index is 1190. The number of anilines is 1. The second kappa shape index (κ2) is 10.00. The van der Waals surface area contributed by atoms with Crippen LogP contribution in [0.2, 0.25) is 0 Å². The topological polar surface area (TPSA) is 82.6 Å². The largest absolute Gasteiger partial charge is 0.349 e. The predicted molar refractivity (Wildman–Crippen MR) is 135 cm³/mol. The summed E-state index contributed by atoms with van der Waals surface area (Å²) in [5, 5.41) is 5.05. The minimum absolute atomic E-state index is 0.00844. The van der Waals surface area contributed by atoms with Crippen molar-refractivity contribution >= 4 is 34.7 Å². The maximum Gasteiger partial charge on any atom is 0.253 e. The lowest BCUT2D eigenvalue weighted by atomic mass is 9.95. The first-order valence-corrected chi connectivity index (χ1v) is 12.8. The number of hydrogen-bond acceptors (Lipinski definition) is 5. The summed E-state index contributed by atoms with van der Waals surface area (Å²) in [6.07, 6.45) is 4.76. The Kier molecular flexibility index (Phi) is 6.63. The van der Waals surface area contributed by atoms with E-state index in [1.807, 2.05) is 53.6 Å². The number of rotatable bonds is 5. The van der Waals surface area contributed by atoms with E-state index in [0.717, 1.165) is 16.1 Å². The quantitative estimate of drug-likeness (QED) is 0.589. The lowest BCUT2D eigenvalue weighted by molar-refractivity contribution is -0.137. The van der Waals surface area contributed by atoms with Gasteiger partial charge in [-0.1, -0.05) is 23.8 Å². The summed E-state index contributed by atoms with van der Waals surface area (Å²) in [6, 6.07) is 15.1. The molecule has 5 rings (SSSR count). The molecule has 8 heteroatoms. The van der Waals surface area contributed by atoms with Crippen LogP contribution in [0.15, 0.2) is 66.3 Å². The highest BCUT2D eigenvalue weighted by Crippen LogP contribution is 2.44. The number of pyridine rings is 1. The second-order valence-electron chi connectivity index (χ2n) is 9.18. The first-order chi connectivity index (χ1) is 17.0. The molecule has 4 heterocycles. The summed E-state index contributed by atoms with van der Waals surface area (Å²) >= 11 is 1.58. The Labute approximate surface area is 208 Å². The molecule has 2 saturated heterocycles. The lowest BCUT2D eigenvalue weighted by Crippen LogP contribution is -2.48. The summed E-state index contributed by atoms with van der Waals surface area (Å²) < 4.78 is 0. The molecule has 0 spiro atoms. The molecule has 180 valence electrons. The van der Waals surface area contributed by atoms with E-state index in [2.05, 4.69) is 10.3 Å². The molecule has 0 aliphatic carbocycles. The van der Waals surface area contributed by atoms with Crippen molar-refractivity contribution in [2.75, 3.05) is 18.0 Å². The smallest absolute Gasteiger partial charge is 0.253 e. The van der Waals surface area contributed by atoms with Crippen LogP contribution in [0.5, 0.6) is 0 Å². The fourth-order valence-corrected chi connectivity index (χ4v) is 5.88. The molecule has 0 saturated carbocycles. The van der Waals surface area contributed by atoms with Gasteiger partial charge in [-0.15, -0.1) is 11.3 Å². The van der Waals surface area contributed by atoms with Gasteiger partial charge in [0.1, 0.15) is 0 Å². The first kappa shape index (κ1) is 23.2. The number of aromatic nitrogens is 1. The van der Waals surface area contributed by atoms with E-state index in [-0.39, 0.29) is 36.2 Å². The van der Waals surface area contributed by atoms with Crippen molar-refractivity contribution in [3.63, 3.8) is 0 Å². The van der Waals surface area contributed by atoms with Crippen LogP contribution in [0, 0.1) is 12.8 Å². The van der Waals surface area contributed by atoms with Gasteiger partial charge >= 0.3 is 0 Å². The van der Waals surface area contributed by atoms with Gasteiger partial charge in [-0.25, -0.2) is 0 Å². The van der Waals surface area contributed by atoms with E-state index in [1.54, 1.807) is 40.8 Å². The van der Waals surface area contributed by atoms with Gasteiger partial charge in [0.2, 0.25) is 11.8 Å². The molecular formula is C27H28N4O3S. The molecule has 2 aromatic heterocycles. The number of carbonyl (C=O) groups excluding carboxylic acids is 3. The van der Waals surface area contributed by atoms with Crippen molar-refractivity contribution < 1.29 is 14.4 Å². The average Bonchev–Trinajstić information content (AvgIpc) is 3.53. The molecule has 0 radical (unpaired) electrons. The molecule has 7 nitrogen and oxygen atoms in total. The van der Waals surface area contributed by atoms with Crippen LogP contribution in [0.3, 0.4) is 0 Å². The van der Waals surface area contributed by atoms with Crippen LogP contribution in [-0.4, -0.2) is 46.7 Å². The number of aryl methyl sites for hydroxylation is 1. The van der Waals surface area contributed by atoms with Crippen molar-refractivity contribution in [2.45, 2.75) is 38.3 Å². The number of amides is 3. The molecule has 1 aromatic carbocycles. The van der Waals surface area contributed by atoms with Crippen molar-refractivity contribution in [1.29, 1.82) is 0 Å². The Morgan fingerprint density at radius 1 is 1.06 bits per heavy atom. The number of nitrogens with one attached hydrogen (secondary N) is 1. The van der Waals surface area contributed by atoms with Crippen LogP contribution in [0.4, 0.5) is 5.69 Å². The molecule has 3 amide bonds. The van der Waals surface area contributed by atoms with Gasteiger partial charge in [0.05, 0.1) is 17.5 Å². The van der Waals surface area contributed by atoms with Crippen LogP contribution in [-0.2, 0) is 9.59 Å². The Morgan fingerprint density at radius 3 is 2.49 bits per heavy atom. The monoisotopic (exact) mass is 488 g/mol. The number of nitrogens with zero attached hydrogens (tertiary/aromatic N) is 3. The van der Waals surface area contributed by atoms with Gasteiger partial charge in [-0.2, -0.15) is 0 Å². The summed E-state index contributed by atoms with van der Waals surface area (Å²) in [4.78, 5) is 48.0. The summed E-state index contributed by atoms with van der Waals surface area (Å²) in [5.41, 5.74) is 2.48. The molecular weight excluding hydrogens is 460 g/mol. The number of likely N-dealkylation sites (tertiary alicyclic amines) is 1. The zero-order valence-corrected chi connectivity index (χ0v) is 20.4. The molecule has 35 heavy (non-hydrogen) atoms. The third kappa shape index (κ3) is 4.84. The van der Waals surface area contributed by atoms with Crippen LogP contribution < -0.4 is 10.2 Å². The average molecular weight is 489 g/mol. The maximum atomic E-state index is 13.7. The standard InChI is InChI=1S/C27H28N4O3S/c1-18-6-8-21(9-7-18)31-24(32)16-22(25(31)23-5-3-15-35-23)27(34)30-13-10-20(11-14-30)29-26(33)19-4-2-12-28-17-19/h2-9,12,15,17,20,22,25H,10-11,13-14,16H2,1H3,(H,29,33). The maximum absolute atomic E-state index is 13.7. The molecule has 3 aromatic rings. The molecule has 2 fully saturated rings. The van der Waals surface area contributed by atoms with Crippen LogP contribution in [0.25, 0.3) is 0 Å². The molecule has 1 N–H and O–H groups in total. The van der Waals surface area contributed by atoms with E-state index in [0.29, 0.717) is 31.5 Å². The number of thiophene rings is 1. The zero-order chi connectivity index (χ0) is 24.4. The van der Waals surface area contributed by atoms with Crippen molar-refractivity contribution in [3.8, 4) is 0 Å². The summed E-state index contributed by atoms with van der Waals surface area (Å²) in [5.74, 6) is -0.577. The fourth-order valence-electron chi connectivity index (χ4n) is 5.00. The van der Waals surface area contributed by atoms with Crippen molar-refractivity contribution in [2.24, 2.45) is 5.92 Å². The van der Waals surface area contributed by atoms with Crippen LogP contribution in [0.1, 0.15) is 46.1 Å². The minimum Gasteiger partial charge on any atom is -0.349 e. The Balaban J connectivity index is 1.28. The van der Waals surface area contributed by atoms with Crippen LogP contribution >= 0.6 is 11.3 Å². The third-order valence-electron chi connectivity index (χ3n) is 6.85. The van der Waals surface area contributed by atoms with E-state index in [1.165, 1.54) is 0 Å². The SMILES string of the molecule is Cc1ccc(N2C(=O)CC(C(=O)N3CCC(NC(=O)c4cccnc4)CC3)C2c2cccs2)cc1. The first-order valence-electron chi connectivity index (χ1n) is 11.9. The Hall–Kier alpha value is -3.52. The number of benzene rings is 1. The highest BCUT2D eigenvalue weighted by molar-refractivity contribution is 7.10. The molecule has 0 bridgehead atoms. The van der Waals surface area contributed by atoms with Gasteiger partial charge in [0.15, 0.2) is 0 Å². The number of carbonyl (C=O) groups is 3. The number of piperidine rings is 1. The third-order valence-corrected chi connectivity index (χ3v) is 7.80. The molecule has 2 atom stereocenters. The van der Waals surface area contributed by atoms with Gasteiger partial charge in [-0.3, -0.25) is 19.4 Å². The Morgan fingerprint density at radius 2 is 1.83 bits per heavy atom. The fraction of sp³-hybridized carbons (Fsp3) is 0.333.